The molecule has 0 aliphatic rings. The van der Waals surface area contributed by atoms with Crippen molar-refractivity contribution in [2.75, 3.05) is 12.0 Å². The van der Waals surface area contributed by atoms with E-state index in [-0.39, 0.29) is 0 Å². The molecule has 0 spiro atoms. The molecule has 0 radical (unpaired) electrons. The van der Waals surface area contributed by atoms with E-state index in [1.165, 1.54) is 23.1 Å². The molecule has 92 valence electrons. The van der Waals surface area contributed by atoms with Crippen LogP contribution in [0.2, 0.25) is 0 Å². The first kappa shape index (κ1) is 14.4. The average Bonchev–Trinajstić information content (AvgIpc) is 2.71. The zero-order valence-electron chi connectivity index (χ0n) is 9.77. The van der Waals surface area contributed by atoms with Gasteiger partial charge >= 0.3 is 0 Å². The second-order valence-corrected chi connectivity index (χ2v) is 5.72. The molecular weight excluding hydrogens is 320 g/mol. The van der Waals surface area contributed by atoms with Gasteiger partial charge in [0.05, 0.1) is 5.69 Å². The van der Waals surface area contributed by atoms with Crippen LogP contribution in [0.4, 0.5) is 5.13 Å². The average molecular weight is 333 g/mol. The normalized spacial score (nSPS) is 9.65. The van der Waals surface area contributed by atoms with Gasteiger partial charge in [-0.25, -0.2) is 15.0 Å². The van der Waals surface area contributed by atoms with E-state index in [1.54, 1.807) is 6.20 Å². The molecule has 0 saturated heterocycles. The highest BCUT2D eigenvalue weighted by molar-refractivity contribution is 9.11. The Morgan fingerprint density at radius 3 is 2.59 bits per heavy atom. The summed E-state index contributed by atoms with van der Waals surface area (Å²) in [5, 5.41) is 1.26. The van der Waals surface area contributed by atoms with Crippen LogP contribution in [-0.2, 0) is 0 Å². The number of nitrogens with two attached hydrogens (primary N) is 1. The smallest absolute Gasteiger partial charge is 0.187 e. The first-order valence-corrected chi connectivity index (χ1v) is 7.83. The van der Waals surface area contributed by atoms with Crippen molar-refractivity contribution in [3.63, 3.8) is 0 Å². The number of rotatable bonds is 2. The monoisotopic (exact) mass is 332 g/mol. The predicted octanol–water partition coefficient (Wildman–Crippen LogP) is 3.69. The molecule has 17 heavy (non-hydrogen) atoms. The SMILES string of the molecule is CC.CSc1nccc(-c2nc(N)sc2Br)n1. The molecule has 0 bridgehead atoms. The quantitative estimate of drug-likeness (QED) is 0.671. The Morgan fingerprint density at radius 1 is 1.35 bits per heavy atom. The number of nitrogen functional groups attached to an aromatic ring is 1. The minimum atomic E-state index is 0.529. The second kappa shape index (κ2) is 6.93. The van der Waals surface area contributed by atoms with Crippen molar-refractivity contribution in [1.82, 2.24) is 15.0 Å². The highest BCUT2D eigenvalue weighted by atomic mass is 79.9. The van der Waals surface area contributed by atoms with Crippen molar-refractivity contribution in [3.05, 3.63) is 16.0 Å². The van der Waals surface area contributed by atoms with Gasteiger partial charge < -0.3 is 5.73 Å². The van der Waals surface area contributed by atoms with Gasteiger partial charge in [-0.05, 0) is 28.3 Å². The fourth-order valence-corrected chi connectivity index (χ4v) is 2.76. The first-order chi connectivity index (χ1) is 8.20. The standard InChI is InChI=1S/C8H7BrN4S2.C2H6/c1-14-8-11-3-2-4(12-8)5-6(9)15-7(10)13-5;1-2/h2-3H,1H3,(H2,10,13);1-2H3. The summed E-state index contributed by atoms with van der Waals surface area (Å²) in [5.41, 5.74) is 7.18. The molecule has 0 aliphatic carbocycles. The number of aromatic nitrogens is 3. The van der Waals surface area contributed by atoms with Crippen molar-refractivity contribution in [1.29, 1.82) is 0 Å². The summed E-state index contributed by atoms with van der Waals surface area (Å²) >= 11 is 6.30. The molecule has 0 unspecified atom stereocenters. The number of hydrogen-bond donors (Lipinski definition) is 1. The summed E-state index contributed by atoms with van der Waals surface area (Å²) in [7, 11) is 0. The maximum absolute atomic E-state index is 5.62. The van der Waals surface area contributed by atoms with Crippen molar-refractivity contribution < 1.29 is 0 Å². The third-order valence-corrected chi connectivity index (χ3v) is 3.76. The van der Waals surface area contributed by atoms with Crippen LogP contribution >= 0.6 is 39.0 Å². The van der Waals surface area contributed by atoms with E-state index < -0.39 is 0 Å². The summed E-state index contributed by atoms with van der Waals surface area (Å²) in [6, 6.07) is 1.82. The number of thiazole rings is 1. The summed E-state index contributed by atoms with van der Waals surface area (Å²) in [6.07, 6.45) is 3.65. The topological polar surface area (TPSA) is 64.7 Å². The number of halogens is 1. The Kier molecular flexibility index (Phi) is 5.87. The molecular formula is C10H13BrN4S2. The van der Waals surface area contributed by atoms with Gasteiger partial charge in [0.2, 0.25) is 0 Å². The minimum absolute atomic E-state index is 0.529. The second-order valence-electron chi connectivity index (χ2n) is 2.60. The molecule has 0 saturated carbocycles. The van der Waals surface area contributed by atoms with Gasteiger partial charge in [-0.3, -0.25) is 0 Å². The van der Waals surface area contributed by atoms with E-state index in [0.29, 0.717) is 5.13 Å². The van der Waals surface area contributed by atoms with Crippen molar-refractivity contribution >= 4 is 44.2 Å². The van der Waals surface area contributed by atoms with Gasteiger partial charge in [-0.2, -0.15) is 0 Å². The zero-order chi connectivity index (χ0) is 12.8. The number of hydrogen-bond acceptors (Lipinski definition) is 6. The maximum atomic E-state index is 5.62. The van der Waals surface area contributed by atoms with Gasteiger partial charge in [0.25, 0.3) is 0 Å². The van der Waals surface area contributed by atoms with Crippen molar-refractivity contribution in [3.8, 4) is 11.4 Å². The van der Waals surface area contributed by atoms with Crippen LogP contribution in [0.1, 0.15) is 13.8 Å². The van der Waals surface area contributed by atoms with Gasteiger partial charge in [0.1, 0.15) is 9.48 Å². The Morgan fingerprint density at radius 2 is 2.06 bits per heavy atom. The third-order valence-electron chi connectivity index (χ3n) is 1.66. The highest BCUT2D eigenvalue weighted by Gasteiger charge is 2.11. The Balaban J connectivity index is 0.000000686. The molecule has 2 N–H and O–H groups in total. The third kappa shape index (κ3) is 3.65. The van der Waals surface area contributed by atoms with E-state index in [2.05, 4.69) is 30.9 Å². The molecule has 0 amide bonds. The Hall–Kier alpha value is -0.660. The summed E-state index contributed by atoms with van der Waals surface area (Å²) in [4.78, 5) is 12.7. The van der Waals surface area contributed by atoms with Crippen LogP contribution < -0.4 is 5.73 Å². The lowest BCUT2D eigenvalue weighted by molar-refractivity contribution is 0.972. The first-order valence-electron chi connectivity index (χ1n) is 5.00. The zero-order valence-corrected chi connectivity index (χ0v) is 13.0. The lowest BCUT2D eigenvalue weighted by Crippen LogP contribution is -1.90. The van der Waals surface area contributed by atoms with Crippen LogP contribution in [0, 0.1) is 0 Å². The Labute approximate surface area is 117 Å². The summed E-state index contributed by atoms with van der Waals surface area (Å²) in [6.45, 7) is 4.00. The van der Waals surface area contributed by atoms with E-state index in [9.17, 15) is 0 Å². The molecule has 2 aromatic rings. The molecule has 2 rings (SSSR count). The predicted molar refractivity (Wildman–Crippen MR) is 78.4 cm³/mol. The van der Waals surface area contributed by atoms with E-state index in [1.807, 2.05) is 26.2 Å². The fraction of sp³-hybridized carbons (Fsp3) is 0.300. The van der Waals surface area contributed by atoms with Crippen LogP contribution in [0.25, 0.3) is 11.4 Å². The molecule has 7 heteroatoms. The molecule has 4 nitrogen and oxygen atoms in total. The largest absolute Gasteiger partial charge is 0.375 e. The van der Waals surface area contributed by atoms with Gasteiger partial charge in [0.15, 0.2) is 10.3 Å². The molecule has 2 aromatic heterocycles. The molecule has 2 heterocycles. The molecule has 0 aromatic carbocycles. The number of nitrogens with zero attached hydrogens (tertiary/aromatic N) is 3. The van der Waals surface area contributed by atoms with Gasteiger partial charge in [-0.1, -0.05) is 36.9 Å². The van der Waals surface area contributed by atoms with E-state index in [4.69, 9.17) is 5.73 Å². The summed E-state index contributed by atoms with van der Waals surface area (Å²) in [5.74, 6) is 0. The minimum Gasteiger partial charge on any atom is -0.375 e. The van der Waals surface area contributed by atoms with E-state index in [0.717, 1.165) is 20.3 Å². The molecule has 0 aliphatic heterocycles. The molecule has 0 atom stereocenters. The van der Waals surface area contributed by atoms with Crippen molar-refractivity contribution in [2.24, 2.45) is 0 Å². The molecule has 0 fully saturated rings. The van der Waals surface area contributed by atoms with Crippen LogP contribution in [0.3, 0.4) is 0 Å². The number of anilines is 1. The Bertz CT molecular complexity index is 487. The van der Waals surface area contributed by atoms with Crippen LogP contribution in [0.5, 0.6) is 0 Å². The summed E-state index contributed by atoms with van der Waals surface area (Å²) < 4.78 is 0.894. The van der Waals surface area contributed by atoms with Gasteiger partial charge in [-0.15, -0.1) is 0 Å². The fourth-order valence-electron chi connectivity index (χ4n) is 1.05. The lowest BCUT2D eigenvalue weighted by Gasteiger charge is -1.98. The van der Waals surface area contributed by atoms with Crippen LogP contribution in [0.15, 0.2) is 21.2 Å². The number of thioether (sulfide) groups is 1. The van der Waals surface area contributed by atoms with Gasteiger partial charge in [0, 0.05) is 6.20 Å². The van der Waals surface area contributed by atoms with E-state index >= 15 is 0 Å². The lowest BCUT2D eigenvalue weighted by atomic mass is 10.3. The van der Waals surface area contributed by atoms with Crippen molar-refractivity contribution in [2.45, 2.75) is 19.0 Å². The van der Waals surface area contributed by atoms with Crippen LogP contribution in [-0.4, -0.2) is 21.2 Å². The maximum Gasteiger partial charge on any atom is 0.187 e. The highest BCUT2D eigenvalue weighted by Crippen LogP contribution is 2.33.